The molecule has 0 unspecified atom stereocenters. The molecule has 0 saturated heterocycles. The lowest BCUT2D eigenvalue weighted by Crippen LogP contribution is -2.25. The van der Waals surface area contributed by atoms with Gasteiger partial charge in [-0.3, -0.25) is 4.98 Å². The van der Waals surface area contributed by atoms with Crippen LogP contribution < -0.4 is 0 Å². The van der Waals surface area contributed by atoms with Crippen LogP contribution >= 0.6 is 0 Å². The van der Waals surface area contributed by atoms with Gasteiger partial charge in [-0.25, -0.2) is 4.98 Å². The van der Waals surface area contributed by atoms with Gasteiger partial charge >= 0.3 is 0 Å². The topological polar surface area (TPSA) is 25.8 Å². The Hall–Kier alpha value is -6.90. The number of rotatable bonds is 4. The zero-order valence-corrected chi connectivity index (χ0v) is 28.9. The van der Waals surface area contributed by atoms with Crippen LogP contribution in [0.2, 0.25) is 0 Å². The summed E-state index contributed by atoms with van der Waals surface area (Å²) in [7, 11) is 0. The molecule has 2 aromatic heterocycles. The molecule has 0 amide bonds. The van der Waals surface area contributed by atoms with Gasteiger partial charge in [-0.1, -0.05) is 158 Å². The fraction of sp³-hybridized carbons (Fsp3) is 0.0196. The zero-order valence-electron chi connectivity index (χ0n) is 28.9. The first-order valence-corrected chi connectivity index (χ1v) is 18.2. The minimum absolute atomic E-state index is 0.338. The van der Waals surface area contributed by atoms with Crippen LogP contribution in [0.15, 0.2) is 194 Å². The number of benzene rings is 7. The van der Waals surface area contributed by atoms with Crippen LogP contribution in [0.3, 0.4) is 0 Å². The summed E-state index contributed by atoms with van der Waals surface area (Å²) in [5.74, 6) is 0. The number of pyridine rings is 2. The van der Waals surface area contributed by atoms with E-state index in [1.54, 1.807) is 0 Å². The van der Waals surface area contributed by atoms with Crippen molar-refractivity contribution in [2.24, 2.45) is 0 Å². The van der Waals surface area contributed by atoms with Crippen molar-refractivity contribution >= 4 is 10.9 Å². The molecular formula is C51H32N2. The van der Waals surface area contributed by atoms with E-state index in [0.29, 0.717) is 0 Å². The SMILES string of the molecule is c1ccc(-c2cc(-c3ccc(-c4ccc(-c5ccc6c(c5)C5(c7ccccc7-c7ccccc75)c5ccccc5-6)cc4)cc3)c3ccccc3n2)nc1. The average molecular weight is 673 g/mol. The molecule has 0 radical (unpaired) electrons. The first-order chi connectivity index (χ1) is 26.3. The highest BCUT2D eigenvalue weighted by Crippen LogP contribution is 2.63. The van der Waals surface area contributed by atoms with Crippen LogP contribution in [-0.2, 0) is 5.41 Å². The summed E-state index contributed by atoms with van der Waals surface area (Å²) in [5, 5.41) is 1.13. The molecule has 53 heavy (non-hydrogen) atoms. The third-order valence-electron chi connectivity index (χ3n) is 11.4. The number of hydrogen-bond donors (Lipinski definition) is 0. The van der Waals surface area contributed by atoms with Gasteiger partial charge in [-0.2, -0.15) is 0 Å². The summed E-state index contributed by atoms with van der Waals surface area (Å²) < 4.78 is 0. The maximum Gasteiger partial charge on any atom is 0.0900 e. The fourth-order valence-electron chi connectivity index (χ4n) is 9.03. The summed E-state index contributed by atoms with van der Waals surface area (Å²) in [6.07, 6.45) is 1.82. The molecule has 0 N–H and O–H groups in total. The van der Waals surface area contributed by atoms with E-state index in [1.807, 2.05) is 30.5 Å². The molecule has 0 aliphatic heterocycles. The van der Waals surface area contributed by atoms with Crippen molar-refractivity contribution in [1.82, 2.24) is 9.97 Å². The van der Waals surface area contributed by atoms with E-state index in [9.17, 15) is 0 Å². The molecule has 0 saturated carbocycles. The molecule has 2 heteroatoms. The van der Waals surface area contributed by atoms with Crippen molar-refractivity contribution in [2.75, 3.05) is 0 Å². The minimum Gasteiger partial charge on any atom is -0.255 e. The minimum atomic E-state index is -0.338. The highest BCUT2D eigenvalue weighted by atomic mass is 14.8. The standard InChI is InChI=1S/C51H32N2/c1-5-15-44-38(11-1)39-12-2-6-16-45(39)51(44)46-17-7-3-13-40(46)41-29-28-37(31-47(41)51)35-22-20-33(21-23-35)34-24-26-36(27-25-34)43-32-50(49-19-9-10-30-52-49)53-48-18-8-4-14-42(43)48/h1-32H. The van der Waals surface area contributed by atoms with Crippen LogP contribution in [-0.4, -0.2) is 9.97 Å². The molecule has 11 rings (SSSR count). The molecular weight excluding hydrogens is 641 g/mol. The molecule has 9 aromatic rings. The van der Waals surface area contributed by atoms with Gasteiger partial charge in [0.25, 0.3) is 0 Å². The molecule has 246 valence electrons. The number of hydrogen-bond acceptors (Lipinski definition) is 2. The molecule has 2 nitrogen and oxygen atoms in total. The summed E-state index contributed by atoms with van der Waals surface area (Å²) in [4.78, 5) is 9.51. The lowest BCUT2D eigenvalue weighted by molar-refractivity contribution is 0.794. The van der Waals surface area contributed by atoms with Gasteiger partial charge in [0.1, 0.15) is 0 Å². The summed E-state index contributed by atoms with van der Waals surface area (Å²) in [5.41, 5.74) is 20.3. The molecule has 2 aliphatic carbocycles. The highest BCUT2D eigenvalue weighted by molar-refractivity contribution is 5.98. The van der Waals surface area contributed by atoms with Crippen LogP contribution in [0.25, 0.3) is 77.9 Å². The van der Waals surface area contributed by atoms with Gasteiger partial charge in [0.2, 0.25) is 0 Å². The Labute approximate surface area is 308 Å². The van der Waals surface area contributed by atoms with E-state index in [2.05, 4.69) is 169 Å². The molecule has 0 atom stereocenters. The lowest BCUT2D eigenvalue weighted by Gasteiger charge is -2.30. The third kappa shape index (κ3) is 4.39. The molecule has 2 heterocycles. The Morgan fingerprint density at radius 2 is 0.811 bits per heavy atom. The monoisotopic (exact) mass is 672 g/mol. The van der Waals surface area contributed by atoms with Gasteiger partial charge in [-0.15, -0.1) is 0 Å². The van der Waals surface area contributed by atoms with Crippen LogP contribution in [0.5, 0.6) is 0 Å². The fourth-order valence-corrected chi connectivity index (χ4v) is 9.03. The molecule has 0 bridgehead atoms. The first kappa shape index (κ1) is 29.8. The Balaban J connectivity index is 0.965. The Morgan fingerprint density at radius 1 is 0.321 bits per heavy atom. The van der Waals surface area contributed by atoms with E-state index < -0.39 is 0 Å². The van der Waals surface area contributed by atoms with Crippen LogP contribution in [0.1, 0.15) is 22.3 Å². The van der Waals surface area contributed by atoms with Crippen LogP contribution in [0.4, 0.5) is 0 Å². The summed E-state index contributed by atoms with van der Waals surface area (Å²) in [6.45, 7) is 0. The second-order valence-electron chi connectivity index (χ2n) is 14.1. The number of fused-ring (bicyclic) bond motifs is 11. The number of nitrogens with zero attached hydrogens (tertiary/aromatic N) is 2. The molecule has 7 aromatic carbocycles. The zero-order chi connectivity index (χ0) is 34.9. The summed E-state index contributed by atoms with van der Waals surface area (Å²) in [6, 6.07) is 68.5. The van der Waals surface area contributed by atoms with Crippen molar-refractivity contribution in [3.05, 3.63) is 217 Å². The second-order valence-corrected chi connectivity index (χ2v) is 14.1. The number of para-hydroxylation sites is 1. The van der Waals surface area contributed by atoms with E-state index >= 15 is 0 Å². The molecule has 1 spiro atoms. The summed E-state index contributed by atoms with van der Waals surface area (Å²) >= 11 is 0. The predicted molar refractivity (Wildman–Crippen MR) is 218 cm³/mol. The van der Waals surface area contributed by atoms with E-state index in [0.717, 1.165) is 33.4 Å². The van der Waals surface area contributed by atoms with E-state index in [1.165, 1.54) is 66.8 Å². The second kappa shape index (κ2) is 11.6. The maximum absolute atomic E-state index is 4.94. The van der Waals surface area contributed by atoms with E-state index in [4.69, 9.17) is 4.98 Å². The van der Waals surface area contributed by atoms with Crippen molar-refractivity contribution < 1.29 is 0 Å². The van der Waals surface area contributed by atoms with Gasteiger partial charge in [0, 0.05) is 11.6 Å². The Bertz CT molecular complexity index is 2810. The van der Waals surface area contributed by atoms with Crippen molar-refractivity contribution in [2.45, 2.75) is 5.41 Å². The third-order valence-corrected chi connectivity index (χ3v) is 11.4. The molecule has 0 fully saturated rings. The quantitative estimate of drug-likeness (QED) is 0.186. The van der Waals surface area contributed by atoms with Gasteiger partial charge in [0.05, 0.1) is 22.3 Å². The van der Waals surface area contributed by atoms with Crippen LogP contribution in [0, 0.1) is 0 Å². The lowest BCUT2D eigenvalue weighted by atomic mass is 9.70. The van der Waals surface area contributed by atoms with Gasteiger partial charge in [0.15, 0.2) is 0 Å². The van der Waals surface area contributed by atoms with Crippen molar-refractivity contribution in [3.8, 4) is 67.0 Å². The first-order valence-electron chi connectivity index (χ1n) is 18.2. The largest absolute Gasteiger partial charge is 0.255 e. The maximum atomic E-state index is 4.94. The van der Waals surface area contributed by atoms with Crippen molar-refractivity contribution in [1.29, 1.82) is 0 Å². The Morgan fingerprint density at radius 3 is 1.42 bits per heavy atom. The Kier molecular flexibility index (Phi) is 6.50. The average Bonchev–Trinajstić information content (AvgIpc) is 3.71. The normalized spacial score (nSPS) is 13.1. The van der Waals surface area contributed by atoms with E-state index in [-0.39, 0.29) is 5.41 Å². The smallest absolute Gasteiger partial charge is 0.0900 e. The van der Waals surface area contributed by atoms with Crippen molar-refractivity contribution in [3.63, 3.8) is 0 Å². The highest BCUT2D eigenvalue weighted by Gasteiger charge is 2.51. The predicted octanol–water partition coefficient (Wildman–Crippen LogP) is 12.6. The van der Waals surface area contributed by atoms with Gasteiger partial charge < -0.3 is 0 Å². The van der Waals surface area contributed by atoms with Gasteiger partial charge in [-0.05, 0) is 108 Å². The molecule has 2 aliphatic rings. The number of aromatic nitrogens is 2.